The fourth-order valence-corrected chi connectivity index (χ4v) is 2.11. The molecule has 0 bridgehead atoms. The first-order valence-corrected chi connectivity index (χ1v) is 6.53. The van der Waals surface area contributed by atoms with E-state index in [1.54, 1.807) is 43.3 Å². The van der Waals surface area contributed by atoms with Crippen LogP contribution in [0.4, 0.5) is 0 Å². The predicted molar refractivity (Wildman–Crippen MR) is 79.4 cm³/mol. The van der Waals surface area contributed by atoms with Gasteiger partial charge in [0.05, 0.1) is 5.56 Å². The first kappa shape index (κ1) is 14.8. The number of phenolic OH excluding ortho intramolecular Hbond substituents is 1. The van der Waals surface area contributed by atoms with Gasteiger partial charge < -0.3 is 9.84 Å². The zero-order chi connectivity index (χ0) is 15.6. The number of hydrogen-bond acceptors (Lipinski definition) is 4. The lowest BCUT2D eigenvalue weighted by Gasteiger charge is -2.13. The Morgan fingerprint density at radius 1 is 0.952 bits per heavy atom. The number of carbonyl (C=O) groups excluding carboxylic acids is 2. The Bertz CT molecular complexity index is 717. The summed E-state index contributed by atoms with van der Waals surface area (Å²) in [6, 6.07) is 9.93. The number of phenols is 1. The summed E-state index contributed by atoms with van der Waals surface area (Å²) in [5.74, 6) is 0.0524. The van der Waals surface area contributed by atoms with Gasteiger partial charge >= 0.3 is 0 Å². The summed E-state index contributed by atoms with van der Waals surface area (Å²) in [6.45, 7) is 4.53. The van der Waals surface area contributed by atoms with Gasteiger partial charge in [0.1, 0.15) is 5.75 Å². The van der Waals surface area contributed by atoms with E-state index in [2.05, 4.69) is 0 Å². The zero-order valence-corrected chi connectivity index (χ0v) is 12.1. The van der Waals surface area contributed by atoms with Crippen molar-refractivity contribution in [2.24, 2.45) is 0 Å². The second kappa shape index (κ2) is 5.79. The van der Waals surface area contributed by atoms with E-state index in [4.69, 9.17) is 4.74 Å². The van der Waals surface area contributed by atoms with Gasteiger partial charge in [0, 0.05) is 5.56 Å². The van der Waals surface area contributed by atoms with Crippen molar-refractivity contribution in [1.82, 2.24) is 0 Å². The van der Waals surface area contributed by atoms with Crippen molar-refractivity contribution in [2.75, 3.05) is 0 Å². The fourth-order valence-electron chi connectivity index (χ4n) is 2.11. The van der Waals surface area contributed by atoms with Gasteiger partial charge in [-0.1, -0.05) is 24.3 Å². The van der Waals surface area contributed by atoms with Crippen LogP contribution in [-0.4, -0.2) is 16.7 Å². The maximum atomic E-state index is 11.8. The van der Waals surface area contributed by atoms with Gasteiger partial charge in [-0.15, -0.1) is 0 Å². The van der Waals surface area contributed by atoms with E-state index in [0.29, 0.717) is 11.1 Å². The van der Waals surface area contributed by atoms with E-state index in [0.717, 1.165) is 0 Å². The maximum Gasteiger partial charge on any atom is 0.169 e. The molecule has 0 aromatic heterocycles. The number of ether oxygens (including phenoxy) is 1. The first-order valence-electron chi connectivity index (χ1n) is 6.53. The number of rotatable bonds is 4. The average molecular weight is 284 g/mol. The molecule has 0 spiro atoms. The third kappa shape index (κ3) is 2.94. The van der Waals surface area contributed by atoms with Crippen molar-refractivity contribution in [3.8, 4) is 17.2 Å². The van der Waals surface area contributed by atoms with Crippen molar-refractivity contribution in [3.63, 3.8) is 0 Å². The van der Waals surface area contributed by atoms with Crippen LogP contribution in [0, 0.1) is 6.92 Å². The first-order chi connectivity index (χ1) is 9.91. The molecule has 0 fully saturated rings. The number of carbonyl (C=O) groups is 2. The molecule has 0 saturated heterocycles. The number of benzene rings is 2. The smallest absolute Gasteiger partial charge is 0.169 e. The number of aromatic hydroxyl groups is 1. The van der Waals surface area contributed by atoms with Crippen LogP contribution in [0.2, 0.25) is 0 Å². The highest BCUT2D eigenvalue weighted by Gasteiger charge is 2.18. The topological polar surface area (TPSA) is 63.6 Å². The largest absolute Gasteiger partial charge is 0.504 e. The number of para-hydroxylation sites is 1. The van der Waals surface area contributed by atoms with Crippen molar-refractivity contribution in [3.05, 3.63) is 53.1 Å². The third-order valence-electron chi connectivity index (χ3n) is 3.18. The summed E-state index contributed by atoms with van der Waals surface area (Å²) in [7, 11) is 0. The summed E-state index contributed by atoms with van der Waals surface area (Å²) in [5, 5.41) is 9.99. The Hall–Kier alpha value is -2.62. The SMILES string of the molecule is CC(=O)c1cccc(Oc2cccc(C)c2O)c1C(C)=O. The van der Waals surface area contributed by atoms with E-state index in [1.807, 2.05) is 0 Å². The van der Waals surface area contributed by atoms with Crippen LogP contribution in [0.5, 0.6) is 17.2 Å². The Balaban J connectivity index is 2.54. The molecule has 0 aliphatic heterocycles. The minimum atomic E-state index is -0.261. The lowest BCUT2D eigenvalue weighted by atomic mass is 10.0. The van der Waals surface area contributed by atoms with E-state index in [-0.39, 0.29) is 34.4 Å². The van der Waals surface area contributed by atoms with Gasteiger partial charge in [0.2, 0.25) is 0 Å². The van der Waals surface area contributed by atoms with Crippen molar-refractivity contribution >= 4 is 11.6 Å². The average Bonchev–Trinajstić information content (AvgIpc) is 2.43. The fraction of sp³-hybridized carbons (Fsp3) is 0.176. The zero-order valence-electron chi connectivity index (χ0n) is 12.1. The van der Waals surface area contributed by atoms with Crippen LogP contribution in [0.15, 0.2) is 36.4 Å². The van der Waals surface area contributed by atoms with Crippen molar-refractivity contribution in [1.29, 1.82) is 0 Å². The molecular weight excluding hydrogens is 268 g/mol. The minimum absolute atomic E-state index is 0.0141. The molecule has 0 amide bonds. The van der Waals surface area contributed by atoms with Gasteiger partial charge in [-0.2, -0.15) is 0 Å². The molecule has 0 radical (unpaired) electrons. The van der Waals surface area contributed by atoms with Crippen LogP contribution >= 0.6 is 0 Å². The lowest BCUT2D eigenvalue weighted by molar-refractivity contribution is 0.0978. The van der Waals surface area contributed by atoms with Gasteiger partial charge in [0.15, 0.2) is 23.1 Å². The molecule has 2 aromatic rings. The number of aryl methyl sites for hydroxylation is 1. The molecule has 2 aromatic carbocycles. The third-order valence-corrected chi connectivity index (χ3v) is 3.18. The normalized spacial score (nSPS) is 10.2. The molecular formula is C17H16O4. The highest BCUT2D eigenvalue weighted by atomic mass is 16.5. The molecule has 0 aliphatic carbocycles. The van der Waals surface area contributed by atoms with E-state index >= 15 is 0 Å². The summed E-state index contributed by atoms with van der Waals surface area (Å²) in [5.41, 5.74) is 1.21. The standard InChI is InChI=1S/C17H16O4/c1-10-6-4-9-15(17(10)20)21-14-8-5-7-13(11(2)18)16(14)12(3)19/h4-9,20H,1-3H3. The van der Waals surface area contributed by atoms with Crippen molar-refractivity contribution < 1.29 is 19.4 Å². The summed E-state index contributed by atoms with van der Waals surface area (Å²) in [6.07, 6.45) is 0. The second-order valence-electron chi connectivity index (χ2n) is 4.81. The highest BCUT2D eigenvalue weighted by molar-refractivity contribution is 6.09. The Morgan fingerprint density at radius 3 is 2.19 bits per heavy atom. The molecule has 4 heteroatoms. The number of Topliss-reactive ketones (excluding diaryl/α,β-unsaturated/α-hetero) is 2. The van der Waals surface area contributed by atoms with E-state index in [1.165, 1.54) is 13.8 Å². The summed E-state index contributed by atoms with van der Waals surface area (Å²) < 4.78 is 5.65. The minimum Gasteiger partial charge on any atom is -0.504 e. The van der Waals surface area contributed by atoms with E-state index in [9.17, 15) is 14.7 Å². The maximum absolute atomic E-state index is 11.8. The van der Waals surface area contributed by atoms with Crippen LogP contribution in [0.25, 0.3) is 0 Å². The summed E-state index contributed by atoms with van der Waals surface area (Å²) in [4.78, 5) is 23.5. The molecule has 1 N–H and O–H groups in total. The number of hydrogen-bond donors (Lipinski definition) is 1. The Morgan fingerprint density at radius 2 is 1.57 bits per heavy atom. The van der Waals surface area contributed by atoms with Crippen LogP contribution in [0.3, 0.4) is 0 Å². The predicted octanol–water partition coefficient (Wildman–Crippen LogP) is 3.90. The molecule has 0 saturated carbocycles. The highest BCUT2D eigenvalue weighted by Crippen LogP contribution is 2.35. The molecule has 0 aliphatic rings. The molecule has 2 rings (SSSR count). The van der Waals surface area contributed by atoms with Gasteiger partial charge in [-0.3, -0.25) is 9.59 Å². The molecule has 108 valence electrons. The second-order valence-corrected chi connectivity index (χ2v) is 4.81. The molecule has 0 heterocycles. The van der Waals surface area contributed by atoms with Crippen molar-refractivity contribution in [2.45, 2.75) is 20.8 Å². The molecule has 0 unspecified atom stereocenters. The Labute approximate surface area is 123 Å². The molecule has 4 nitrogen and oxygen atoms in total. The lowest BCUT2D eigenvalue weighted by Crippen LogP contribution is -2.06. The van der Waals surface area contributed by atoms with Crippen LogP contribution in [-0.2, 0) is 0 Å². The van der Waals surface area contributed by atoms with E-state index < -0.39 is 0 Å². The van der Waals surface area contributed by atoms with Crippen LogP contribution < -0.4 is 4.74 Å². The Kier molecular flexibility index (Phi) is 4.08. The molecule has 0 atom stereocenters. The van der Waals surface area contributed by atoms with Gasteiger partial charge in [0.25, 0.3) is 0 Å². The monoisotopic (exact) mass is 284 g/mol. The molecule has 21 heavy (non-hydrogen) atoms. The van der Waals surface area contributed by atoms with Gasteiger partial charge in [-0.25, -0.2) is 0 Å². The quantitative estimate of drug-likeness (QED) is 0.865. The van der Waals surface area contributed by atoms with Gasteiger partial charge in [-0.05, 0) is 38.5 Å². The number of ketones is 2. The summed E-state index contributed by atoms with van der Waals surface area (Å²) >= 11 is 0. The van der Waals surface area contributed by atoms with Crippen LogP contribution in [0.1, 0.15) is 40.1 Å².